The van der Waals surface area contributed by atoms with Crippen molar-refractivity contribution in [3.05, 3.63) is 36.5 Å². The standard InChI is InChI=1S/C21H28N2O3/c1-21(2,3)26-20(24)23-14-15-8-10-16(11-9-15)25-19-12-13-22-18-7-5-4-6-17(18)19/h4-7,12-13,15-16H,8-11,14H2,1-3H3,(H,23,24). The summed E-state index contributed by atoms with van der Waals surface area (Å²) < 4.78 is 11.5. The van der Waals surface area contributed by atoms with Crippen LogP contribution in [-0.2, 0) is 4.74 Å². The number of alkyl carbamates (subject to hydrolysis) is 1. The first-order valence-electron chi connectivity index (χ1n) is 9.38. The summed E-state index contributed by atoms with van der Waals surface area (Å²) in [5.41, 5.74) is 0.503. The molecule has 2 aromatic rings. The van der Waals surface area contributed by atoms with Crippen LogP contribution in [0.3, 0.4) is 0 Å². The second kappa shape index (κ2) is 7.94. The number of carbonyl (C=O) groups excluding carboxylic acids is 1. The van der Waals surface area contributed by atoms with Crippen molar-refractivity contribution in [1.29, 1.82) is 0 Å². The van der Waals surface area contributed by atoms with Gasteiger partial charge in [0.05, 0.1) is 11.6 Å². The zero-order valence-electron chi connectivity index (χ0n) is 15.8. The average Bonchev–Trinajstić information content (AvgIpc) is 2.60. The molecule has 1 saturated carbocycles. The van der Waals surface area contributed by atoms with E-state index in [2.05, 4.69) is 10.3 Å². The van der Waals surface area contributed by atoms with E-state index in [9.17, 15) is 4.79 Å². The highest BCUT2D eigenvalue weighted by atomic mass is 16.6. The molecule has 1 fully saturated rings. The van der Waals surface area contributed by atoms with Crippen molar-refractivity contribution in [3.8, 4) is 5.75 Å². The molecule has 0 saturated heterocycles. The number of fused-ring (bicyclic) bond motifs is 1. The summed E-state index contributed by atoms with van der Waals surface area (Å²) in [4.78, 5) is 16.1. The maximum Gasteiger partial charge on any atom is 0.407 e. The van der Waals surface area contributed by atoms with E-state index in [1.807, 2.05) is 51.1 Å². The fourth-order valence-corrected chi connectivity index (χ4v) is 3.35. The summed E-state index contributed by atoms with van der Waals surface area (Å²) in [6.07, 6.45) is 5.77. The fraction of sp³-hybridized carbons (Fsp3) is 0.524. The first-order chi connectivity index (χ1) is 12.4. The van der Waals surface area contributed by atoms with Crippen molar-refractivity contribution in [2.24, 2.45) is 5.92 Å². The van der Waals surface area contributed by atoms with Gasteiger partial charge in [-0.3, -0.25) is 4.98 Å². The minimum absolute atomic E-state index is 0.221. The number of ether oxygens (including phenoxy) is 2. The quantitative estimate of drug-likeness (QED) is 0.863. The molecule has 1 aliphatic rings. The summed E-state index contributed by atoms with van der Waals surface area (Å²) in [6, 6.07) is 9.99. The number of para-hydroxylation sites is 1. The van der Waals surface area contributed by atoms with Crippen LogP contribution in [0.2, 0.25) is 0 Å². The third kappa shape index (κ3) is 5.10. The normalized spacial score (nSPS) is 20.6. The number of amides is 1. The van der Waals surface area contributed by atoms with Crippen molar-refractivity contribution in [2.45, 2.75) is 58.2 Å². The fourth-order valence-electron chi connectivity index (χ4n) is 3.35. The van der Waals surface area contributed by atoms with Gasteiger partial charge in [0.25, 0.3) is 0 Å². The molecule has 140 valence electrons. The topological polar surface area (TPSA) is 60.5 Å². The average molecular weight is 356 g/mol. The van der Waals surface area contributed by atoms with Crippen LogP contribution in [0.5, 0.6) is 5.75 Å². The molecule has 1 aromatic heterocycles. The number of rotatable bonds is 4. The van der Waals surface area contributed by atoms with E-state index in [-0.39, 0.29) is 12.2 Å². The van der Waals surface area contributed by atoms with Gasteiger partial charge >= 0.3 is 6.09 Å². The smallest absolute Gasteiger partial charge is 0.407 e. The lowest BCUT2D eigenvalue weighted by Gasteiger charge is -2.29. The molecule has 1 N–H and O–H groups in total. The third-order valence-electron chi connectivity index (χ3n) is 4.63. The number of benzene rings is 1. The summed E-state index contributed by atoms with van der Waals surface area (Å²) in [6.45, 7) is 6.29. The molecular formula is C21H28N2O3. The zero-order chi connectivity index (χ0) is 18.6. The number of hydrogen-bond acceptors (Lipinski definition) is 4. The summed E-state index contributed by atoms with van der Waals surface area (Å²) in [7, 11) is 0. The Kier molecular flexibility index (Phi) is 5.64. The van der Waals surface area contributed by atoms with Gasteiger partial charge in [-0.05, 0) is 70.6 Å². The van der Waals surface area contributed by atoms with E-state index in [1.54, 1.807) is 6.20 Å². The van der Waals surface area contributed by atoms with E-state index < -0.39 is 5.60 Å². The first-order valence-corrected chi connectivity index (χ1v) is 9.38. The molecule has 5 nitrogen and oxygen atoms in total. The highest BCUT2D eigenvalue weighted by Gasteiger charge is 2.24. The molecule has 5 heteroatoms. The molecule has 1 amide bonds. The molecule has 1 aliphatic carbocycles. The Bertz CT molecular complexity index is 741. The van der Waals surface area contributed by atoms with E-state index in [1.165, 1.54) is 0 Å². The van der Waals surface area contributed by atoms with Crippen LogP contribution in [0.1, 0.15) is 46.5 Å². The van der Waals surface area contributed by atoms with E-state index >= 15 is 0 Å². The summed E-state index contributed by atoms with van der Waals surface area (Å²) in [5, 5.41) is 3.95. The Morgan fingerprint density at radius 3 is 2.62 bits per heavy atom. The van der Waals surface area contributed by atoms with Gasteiger partial charge in [-0.25, -0.2) is 4.79 Å². The van der Waals surface area contributed by atoms with Crippen LogP contribution in [0.25, 0.3) is 10.9 Å². The molecule has 26 heavy (non-hydrogen) atoms. The number of pyridine rings is 1. The van der Waals surface area contributed by atoms with Gasteiger partial charge in [0.15, 0.2) is 0 Å². The Morgan fingerprint density at radius 2 is 1.88 bits per heavy atom. The second-order valence-corrected chi connectivity index (χ2v) is 7.97. The number of aromatic nitrogens is 1. The SMILES string of the molecule is CC(C)(C)OC(=O)NCC1CCC(Oc2ccnc3ccccc23)CC1. The highest BCUT2D eigenvalue weighted by Crippen LogP contribution is 2.30. The van der Waals surface area contributed by atoms with Crippen LogP contribution in [-0.4, -0.2) is 29.3 Å². The minimum Gasteiger partial charge on any atom is -0.490 e. The lowest BCUT2D eigenvalue weighted by molar-refractivity contribution is 0.0508. The second-order valence-electron chi connectivity index (χ2n) is 7.97. The molecule has 0 aliphatic heterocycles. The first kappa shape index (κ1) is 18.5. The monoisotopic (exact) mass is 356 g/mol. The molecule has 0 spiro atoms. The van der Waals surface area contributed by atoms with Gasteiger partial charge < -0.3 is 14.8 Å². The van der Waals surface area contributed by atoms with Crippen LogP contribution in [0.15, 0.2) is 36.5 Å². The number of nitrogens with zero attached hydrogens (tertiary/aromatic N) is 1. The number of carbonyl (C=O) groups is 1. The molecule has 0 unspecified atom stereocenters. The van der Waals surface area contributed by atoms with Crippen LogP contribution >= 0.6 is 0 Å². The molecular weight excluding hydrogens is 328 g/mol. The predicted molar refractivity (Wildman–Crippen MR) is 102 cm³/mol. The number of hydrogen-bond donors (Lipinski definition) is 1. The summed E-state index contributed by atoms with van der Waals surface area (Å²) in [5.74, 6) is 1.39. The van der Waals surface area contributed by atoms with Gasteiger partial charge in [-0.1, -0.05) is 12.1 Å². The van der Waals surface area contributed by atoms with Crippen LogP contribution < -0.4 is 10.1 Å². The number of nitrogens with one attached hydrogen (secondary N) is 1. The van der Waals surface area contributed by atoms with Crippen LogP contribution in [0, 0.1) is 5.92 Å². The van der Waals surface area contributed by atoms with Gasteiger partial charge in [0.2, 0.25) is 0 Å². The largest absolute Gasteiger partial charge is 0.490 e. The lowest BCUT2D eigenvalue weighted by Crippen LogP contribution is -2.37. The zero-order valence-corrected chi connectivity index (χ0v) is 15.8. The van der Waals surface area contributed by atoms with Crippen LogP contribution in [0.4, 0.5) is 4.79 Å². The molecule has 0 atom stereocenters. The maximum atomic E-state index is 11.8. The highest BCUT2D eigenvalue weighted by molar-refractivity contribution is 5.84. The molecule has 0 bridgehead atoms. The maximum absolute atomic E-state index is 11.8. The van der Waals surface area contributed by atoms with Crippen molar-refractivity contribution in [2.75, 3.05) is 6.54 Å². The van der Waals surface area contributed by atoms with Gasteiger partial charge in [0, 0.05) is 18.1 Å². The van der Waals surface area contributed by atoms with Crippen molar-refractivity contribution < 1.29 is 14.3 Å². The summed E-state index contributed by atoms with van der Waals surface area (Å²) >= 11 is 0. The van der Waals surface area contributed by atoms with Gasteiger partial charge in [0.1, 0.15) is 11.4 Å². The van der Waals surface area contributed by atoms with E-state index in [0.717, 1.165) is 42.3 Å². The van der Waals surface area contributed by atoms with E-state index in [4.69, 9.17) is 9.47 Å². The lowest BCUT2D eigenvalue weighted by atomic mass is 9.87. The Morgan fingerprint density at radius 1 is 1.15 bits per heavy atom. The molecule has 0 radical (unpaired) electrons. The van der Waals surface area contributed by atoms with E-state index in [0.29, 0.717) is 12.5 Å². The Labute approximate surface area is 155 Å². The van der Waals surface area contributed by atoms with Gasteiger partial charge in [-0.2, -0.15) is 0 Å². The Hall–Kier alpha value is -2.30. The van der Waals surface area contributed by atoms with Crippen molar-refractivity contribution in [3.63, 3.8) is 0 Å². The Balaban J connectivity index is 1.47. The molecule has 3 rings (SSSR count). The van der Waals surface area contributed by atoms with Gasteiger partial charge in [-0.15, -0.1) is 0 Å². The molecule has 1 heterocycles. The molecule has 1 aromatic carbocycles. The van der Waals surface area contributed by atoms with Crippen molar-refractivity contribution in [1.82, 2.24) is 10.3 Å². The predicted octanol–water partition coefficient (Wildman–Crippen LogP) is 4.70. The third-order valence-corrected chi connectivity index (χ3v) is 4.63. The van der Waals surface area contributed by atoms with Crippen molar-refractivity contribution >= 4 is 17.0 Å². The minimum atomic E-state index is -0.455.